The number of anilines is 2. The predicted molar refractivity (Wildman–Crippen MR) is 113 cm³/mol. The maximum Gasteiger partial charge on any atom is 0.175 e. The average molecular weight is 360 g/mol. The zero-order valence-corrected chi connectivity index (χ0v) is 15.3. The molecule has 0 unspecified atom stereocenters. The van der Waals surface area contributed by atoms with Crippen molar-refractivity contribution in [2.24, 2.45) is 10.2 Å². The van der Waals surface area contributed by atoms with Crippen LogP contribution in [-0.4, -0.2) is 5.11 Å². The number of thiocarbonyl (C=S) groups is 1. The Labute approximate surface area is 159 Å². The molecule has 3 aromatic carbocycles. The van der Waals surface area contributed by atoms with Gasteiger partial charge in [-0.05, 0) is 66.7 Å². The van der Waals surface area contributed by atoms with E-state index in [-0.39, 0.29) is 0 Å². The molecule has 26 heavy (non-hydrogen) atoms. The molecule has 0 aliphatic carbocycles. The highest BCUT2D eigenvalue weighted by Crippen LogP contribution is 2.21. The fourth-order valence-corrected chi connectivity index (χ4v) is 2.68. The molecule has 3 aromatic rings. The standard InChI is InChI=1S/C21H20N4S/c1-2-16-8-6-7-11-20(16)23-21(26)22-17-12-14-19(15-13-17)25-24-18-9-4-3-5-10-18/h3-15H,2H2,1H3,(H2,22,23,26). The van der Waals surface area contributed by atoms with Crippen LogP contribution in [0.25, 0.3) is 0 Å². The highest BCUT2D eigenvalue weighted by molar-refractivity contribution is 7.80. The summed E-state index contributed by atoms with van der Waals surface area (Å²) in [7, 11) is 0. The van der Waals surface area contributed by atoms with Gasteiger partial charge in [-0.25, -0.2) is 0 Å². The fourth-order valence-electron chi connectivity index (χ4n) is 2.46. The Bertz CT molecular complexity index is 889. The predicted octanol–water partition coefficient (Wildman–Crippen LogP) is 6.47. The van der Waals surface area contributed by atoms with Crippen molar-refractivity contribution in [3.05, 3.63) is 84.4 Å². The van der Waals surface area contributed by atoms with Gasteiger partial charge in [0.1, 0.15) is 0 Å². The number of nitrogens with zero attached hydrogens (tertiary/aromatic N) is 2. The quantitative estimate of drug-likeness (QED) is 0.405. The zero-order valence-electron chi connectivity index (χ0n) is 14.5. The molecule has 4 nitrogen and oxygen atoms in total. The summed E-state index contributed by atoms with van der Waals surface area (Å²) in [6.45, 7) is 2.12. The lowest BCUT2D eigenvalue weighted by atomic mass is 10.1. The third-order valence-corrected chi connectivity index (χ3v) is 4.01. The first-order valence-electron chi connectivity index (χ1n) is 8.47. The molecule has 0 amide bonds. The Hall–Kier alpha value is -3.05. The van der Waals surface area contributed by atoms with Crippen LogP contribution in [-0.2, 0) is 6.42 Å². The lowest BCUT2D eigenvalue weighted by Gasteiger charge is -2.13. The summed E-state index contributed by atoms with van der Waals surface area (Å²) in [5.74, 6) is 0. The van der Waals surface area contributed by atoms with Gasteiger partial charge in [0.05, 0.1) is 11.4 Å². The molecule has 0 aromatic heterocycles. The SMILES string of the molecule is CCc1ccccc1NC(=S)Nc1ccc(N=Nc2ccccc2)cc1. The van der Waals surface area contributed by atoms with Crippen LogP contribution < -0.4 is 10.6 Å². The molecule has 0 fully saturated rings. The van der Waals surface area contributed by atoms with Crippen LogP contribution in [0, 0.1) is 0 Å². The Morgan fingerprint density at radius 2 is 1.38 bits per heavy atom. The second-order valence-electron chi connectivity index (χ2n) is 5.67. The van der Waals surface area contributed by atoms with E-state index in [1.54, 1.807) is 0 Å². The smallest absolute Gasteiger partial charge is 0.175 e. The van der Waals surface area contributed by atoms with Crippen molar-refractivity contribution in [2.75, 3.05) is 10.6 Å². The first kappa shape index (κ1) is 17.8. The highest BCUT2D eigenvalue weighted by Gasteiger charge is 2.03. The van der Waals surface area contributed by atoms with Gasteiger partial charge in [0.2, 0.25) is 0 Å². The molecule has 0 aliphatic rings. The Morgan fingerprint density at radius 1 is 0.769 bits per heavy atom. The van der Waals surface area contributed by atoms with Crippen LogP contribution in [0.2, 0.25) is 0 Å². The number of rotatable bonds is 5. The van der Waals surface area contributed by atoms with Crippen molar-refractivity contribution >= 4 is 40.1 Å². The van der Waals surface area contributed by atoms with Gasteiger partial charge in [-0.2, -0.15) is 10.2 Å². The van der Waals surface area contributed by atoms with E-state index in [0.29, 0.717) is 5.11 Å². The van der Waals surface area contributed by atoms with Crippen LogP contribution in [0.4, 0.5) is 22.7 Å². The zero-order chi connectivity index (χ0) is 18.2. The van der Waals surface area contributed by atoms with Gasteiger partial charge in [-0.1, -0.05) is 43.3 Å². The van der Waals surface area contributed by atoms with E-state index in [1.807, 2.05) is 72.8 Å². The number of azo groups is 1. The number of para-hydroxylation sites is 1. The van der Waals surface area contributed by atoms with Crippen LogP contribution in [0.5, 0.6) is 0 Å². The summed E-state index contributed by atoms with van der Waals surface area (Å²) in [6.07, 6.45) is 0.951. The van der Waals surface area contributed by atoms with E-state index in [1.165, 1.54) is 5.56 Å². The van der Waals surface area contributed by atoms with E-state index in [0.717, 1.165) is 29.2 Å². The van der Waals surface area contributed by atoms with Crippen molar-refractivity contribution in [1.82, 2.24) is 0 Å². The molecule has 3 rings (SSSR count). The van der Waals surface area contributed by atoms with Gasteiger partial charge in [-0.15, -0.1) is 0 Å². The number of nitrogens with one attached hydrogen (secondary N) is 2. The monoisotopic (exact) mass is 360 g/mol. The van der Waals surface area contributed by atoms with Crippen molar-refractivity contribution < 1.29 is 0 Å². The molecule has 0 heterocycles. The largest absolute Gasteiger partial charge is 0.332 e. The van der Waals surface area contributed by atoms with Crippen LogP contribution in [0.15, 0.2) is 89.1 Å². The van der Waals surface area contributed by atoms with Gasteiger partial charge in [0.15, 0.2) is 5.11 Å². The molecule has 5 heteroatoms. The first-order valence-corrected chi connectivity index (χ1v) is 8.88. The van der Waals surface area contributed by atoms with Crippen molar-refractivity contribution in [3.63, 3.8) is 0 Å². The number of hydrogen-bond donors (Lipinski definition) is 2. The summed E-state index contributed by atoms with van der Waals surface area (Å²) in [5, 5.41) is 15.4. The lowest BCUT2D eigenvalue weighted by molar-refractivity contribution is 1.14. The maximum atomic E-state index is 5.41. The van der Waals surface area contributed by atoms with Gasteiger partial charge in [-0.3, -0.25) is 0 Å². The summed E-state index contributed by atoms with van der Waals surface area (Å²) >= 11 is 5.41. The van der Waals surface area contributed by atoms with Crippen LogP contribution >= 0.6 is 12.2 Å². The number of aryl methyl sites for hydroxylation is 1. The topological polar surface area (TPSA) is 48.8 Å². The second kappa shape index (κ2) is 8.87. The highest BCUT2D eigenvalue weighted by atomic mass is 32.1. The normalized spacial score (nSPS) is 10.7. The lowest BCUT2D eigenvalue weighted by Crippen LogP contribution is -2.19. The van der Waals surface area contributed by atoms with Gasteiger partial charge < -0.3 is 10.6 Å². The molecule has 2 N–H and O–H groups in total. The van der Waals surface area contributed by atoms with Gasteiger partial charge in [0.25, 0.3) is 0 Å². The Kier molecular flexibility index (Phi) is 6.06. The van der Waals surface area contributed by atoms with Crippen molar-refractivity contribution in [3.8, 4) is 0 Å². The molecule has 0 saturated heterocycles. The molecule has 130 valence electrons. The minimum absolute atomic E-state index is 0.560. The van der Waals surface area contributed by atoms with E-state index in [4.69, 9.17) is 12.2 Å². The van der Waals surface area contributed by atoms with E-state index in [2.05, 4.69) is 33.9 Å². The molecule has 0 aliphatic heterocycles. The molecular formula is C21H20N4S. The van der Waals surface area contributed by atoms with E-state index >= 15 is 0 Å². The van der Waals surface area contributed by atoms with Crippen molar-refractivity contribution in [2.45, 2.75) is 13.3 Å². The van der Waals surface area contributed by atoms with Crippen molar-refractivity contribution in [1.29, 1.82) is 0 Å². The second-order valence-corrected chi connectivity index (χ2v) is 6.08. The van der Waals surface area contributed by atoms with E-state index in [9.17, 15) is 0 Å². The summed E-state index contributed by atoms with van der Waals surface area (Å²) in [5.41, 5.74) is 4.77. The Balaban J connectivity index is 1.60. The molecule has 0 spiro atoms. The maximum absolute atomic E-state index is 5.41. The van der Waals surface area contributed by atoms with Crippen LogP contribution in [0.1, 0.15) is 12.5 Å². The van der Waals surface area contributed by atoms with E-state index < -0.39 is 0 Å². The average Bonchev–Trinajstić information content (AvgIpc) is 2.68. The molecule has 0 radical (unpaired) electrons. The first-order chi connectivity index (χ1) is 12.7. The van der Waals surface area contributed by atoms with Gasteiger partial charge in [0, 0.05) is 11.4 Å². The minimum atomic E-state index is 0.560. The third-order valence-electron chi connectivity index (χ3n) is 3.81. The summed E-state index contributed by atoms with van der Waals surface area (Å²) in [4.78, 5) is 0. The molecule has 0 bridgehead atoms. The molecule has 0 atom stereocenters. The summed E-state index contributed by atoms with van der Waals surface area (Å²) < 4.78 is 0. The van der Waals surface area contributed by atoms with Crippen LogP contribution in [0.3, 0.4) is 0 Å². The Morgan fingerprint density at radius 3 is 2.08 bits per heavy atom. The number of benzene rings is 3. The van der Waals surface area contributed by atoms with Gasteiger partial charge >= 0.3 is 0 Å². The third kappa shape index (κ3) is 4.97. The fraction of sp³-hybridized carbons (Fsp3) is 0.0952. The molecule has 0 saturated carbocycles. The minimum Gasteiger partial charge on any atom is -0.332 e. The molecular weight excluding hydrogens is 340 g/mol. The summed E-state index contributed by atoms with van der Waals surface area (Å²) in [6, 6.07) is 25.5. The number of hydrogen-bond acceptors (Lipinski definition) is 3.